The summed E-state index contributed by atoms with van der Waals surface area (Å²) < 4.78 is 17.9. The lowest BCUT2D eigenvalue weighted by atomic mass is 9.97. The lowest BCUT2D eigenvalue weighted by molar-refractivity contribution is -0.143. The van der Waals surface area contributed by atoms with Crippen molar-refractivity contribution in [2.75, 3.05) is 62.3 Å². The van der Waals surface area contributed by atoms with Crippen molar-refractivity contribution < 1.29 is 23.8 Å². The van der Waals surface area contributed by atoms with E-state index in [4.69, 9.17) is 24.2 Å². The highest BCUT2D eigenvalue weighted by molar-refractivity contribution is 5.96. The van der Waals surface area contributed by atoms with Crippen LogP contribution in [-0.4, -0.2) is 102 Å². The number of aromatic nitrogens is 2. The molecular formula is C39H47N7O5. The van der Waals surface area contributed by atoms with Gasteiger partial charge in [-0.1, -0.05) is 30.8 Å². The lowest BCUT2D eigenvalue weighted by Crippen LogP contribution is -2.55. The Bertz CT molecular complexity index is 1850. The summed E-state index contributed by atoms with van der Waals surface area (Å²) in [7, 11) is 0. The maximum Gasteiger partial charge on any atom is 0.318 e. The molecule has 1 aromatic heterocycles. The van der Waals surface area contributed by atoms with Gasteiger partial charge in [-0.15, -0.1) is 0 Å². The number of piperazine rings is 1. The van der Waals surface area contributed by atoms with E-state index in [1.54, 1.807) is 4.90 Å². The number of hydrogen-bond acceptors (Lipinski definition) is 11. The number of hydrogen-bond donors (Lipinski definition) is 0. The summed E-state index contributed by atoms with van der Waals surface area (Å²) in [5.74, 6) is 0.854. The van der Waals surface area contributed by atoms with Crippen LogP contribution < -0.4 is 19.3 Å². The summed E-state index contributed by atoms with van der Waals surface area (Å²) in [6, 6.07) is 14.8. The number of nitrogens with zero attached hydrogens (tertiary/aromatic N) is 7. The van der Waals surface area contributed by atoms with Gasteiger partial charge in [0.25, 0.3) is 0 Å². The monoisotopic (exact) mass is 693 g/mol. The van der Waals surface area contributed by atoms with E-state index in [1.165, 1.54) is 6.08 Å². The number of fused-ring (bicyclic) bond motifs is 4. The number of ether oxygens (including phenoxy) is 3. The molecule has 2 bridgehead atoms. The van der Waals surface area contributed by atoms with Crippen LogP contribution >= 0.6 is 0 Å². The Morgan fingerprint density at radius 3 is 2.71 bits per heavy atom. The zero-order valence-electron chi connectivity index (χ0n) is 29.8. The first-order valence-corrected chi connectivity index (χ1v) is 18.0. The molecule has 3 aromatic rings. The van der Waals surface area contributed by atoms with Gasteiger partial charge in [-0.2, -0.15) is 15.2 Å². The van der Waals surface area contributed by atoms with Gasteiger partial charge in [-0.25, -0.2) is 0 Å². The molecule has 4 aliphatic heterocycles. The summed E-state index contributed by atoms with van der Waals surface area (Å²) in [6.07, 6.45) is 4.54. The first-order valence-electron chi connectivity index (χ1n) is 18.0. The van der Waals surface area contributed by atoms with Crippen molar-refractivity contribution in [2.45, 2.75) is 71.2 Å². The highest BCUT2D eigenvalue weighted by atomic mass is 16.5. The molecule has 4 aliphatic rings. The summed E-state index contributed by atoms with van der Waals surface area (Å²) in [4.78, 5) is 44.2. The molecule has 5 heterocycles. The molecule has 1 amide bonds. The number of benzene rings is 2. The first-order chi connectivity index (χ1) is 24.6. The molecule has 268 valence electrons. The minimum Gasteiger partial charge on any atom is -0.463 e. The Morgan fingerprint density at radius 1 is 1.12 bits per heavy atom. The molecule has 2 unspecified atom stereocenters. The number of carbonyl (C=O) groups excluding carboxylic acids is 2. The predicted octanol–water partition coefficient (Wildman–Crippen LogP) is 4.50. The highest BCUT2D eigenvalue weighted by Crippen LogP contribution is 2.38. The van der Waals surface area contributed by atoms with Crippen molar-refractivity contribution in [1.82, 2.24) is 19.8 Å². The fourth-order valence-electron chi connectivity index (χ4n) is 7.68. The second-order valence-electron chi connectivity index (χ2n) is 15.0. The van der Waals surface area contributed by atoms with Crippen molar-refractivity contribution in [2.24, 2.45) is 5.41 Å². The summed E-state index contributed by atoms with van der Waals surface area (Å²) in [5, 5.41) is 11.7. The average Bonchev–Trinajstić information content (AvgIpc) is 3.76. The van der Waals surface area contributed by atoms with Crippen molar-refractivity contribution in [3.8, 4) is 17.8 Å². The molecule has 3 atom stereocenters. The Hall–Kier alpha value is -4.73. The largest absolute Gasteiger partial charge is 0.463 e. The molecule has 3 saturated heterocycles. The number of rotatable bonds is 10. The van der Waals surface area contributed by atoms with E-state index < -0.39 is 5.41 Å². The Labute approximate surface area is 299 Å². The second-order valence-corrected chi connectivity index (χ2v) is 15.0. The third-order valence-electron chi connectivity index (χ3n) is 10.4. The van der Waals surface area contributed by atoms with Gasteiger partial charge in [-0.05, 0) is 57.6 Å². The Morgan fingerprint density at radius 2 is 1.96 bits per heavy atom. The lowest BCUT2D eigenvalue weighted by Gasteiger charge is -2.42. The normalized spacial score (nSPS) is 21.8. The molecule has 12 heteroatoms. The van der Waals surface area contributed by atoms with Gasteiger partial charge in [0.1, 0.15) is 11.6 Å². The maximum atomic E-state index is 12.9. The number of nitriles is 1. The molecular weight excluding hydrogens is 646 g/mol. The van der Waals surface area contributed by atoms with Crippen LogP contribution in [0.5, 0.6) is 11.8 Å². The summed E-state index contributed by atoms with van der Waals surface area (Å²) >= 11 is 0. The molecule has 7 rings (SSSR count). The predicted molar refractivity (Wildman–Crippen MR) is 194 cm³/mol. The van der Waals surface area contributed by atoms with E-state index in [1.807, 2.05) is 51.1 Å². The Kier molecular flexibility index (Phi) is 9.86. The third-order valence-corrected chi connectivity index (χ3v) is 10.4. The molecule has 2 aromatic carbocycles. The van der Waals surface area contributed by atoms with Crippen molar-refractivity contribution in [1.29, 1.82) is 5.26 Å². The zero-order valence-corrected chi connectivity index (χ0v) is 29.8. The fraction of sp³-hybridized carbons (Fsp3) is 0.513. The molecule has 12 nitrogen and oxygen atoms in total. The Balaban J connectivity index is 1.17. The van der Waals surface area contributed by atoms with Crippen LogP contribution in [0.1, 0.15) is 51.3 Å². The van der Waals surface area contributed by atoms with Gasteiger partial charge >= 0.3 is 12.0 Å². The number of likely N-dealkylation sites (tertiary alicyclic amines) is 1. The van der Waals surface area contributed by atoms with E-state index in [2.05, 4.69) is 33.4 Å². The van der Waals surface area contributed by atoms with Crippen LogP contribution in [0.15, 0.2) is 49.1 Å². The average molecular weight is 694 g/mol. The molecule has 0 saturated carbocycles. The van der Waals surface area contributed by atoms with Gasteiger partial charge in [0, 0.05) is 68.0 Å². The van der Waals surface area contributed by atoms with Crippen LogP contribution in [0.3, 0.4) is 0 Å². The summed E-state index contributed by atoms with van der Waals surface area (Å²) in [6.45, 7) is 15.1. The third kappa shape index (κ3) is 7.37. The van der Waals surface area contributed by atoms with E-state index in [9.17, 15) is 14.9 Å². The maximum absolute atomic E-state index is 12.9. The summed E-state index contributed by atoms with van der Waals surface area (Å²) in [5.41, 5.74) is 2.25. The highest BCUT2D eigenvalue weighted by Gasteiger charge is 2.38. The number of anilines is 2. The van der Waals surface area contributed by atoms with Crippen molar-refractivity contribution in [3.05, 3.63) is 60.3 Å². The standard InChI is InChI=1S/C39H47N7O5/c1-5-35(47)46-17-16-45(22-27(46)11-13-40)36-32-12-15-44(34-21-29(51-37(48)39(2,3)4)19-26-9-6-7-10-31(26)34)24-33(32)41-38(42-36)49-18-8-14-43-23-30-20-28(43)25-50-30/h5-7,9-10,19,21,27-28,30H,1,8,11-12,14-18,20,22-25H2,2-4H3/t27?,28-,30?/m0/s1. The fourth-order valence-corrected chi connectivity index (χ4v) is 7.68. The van der Waals surface area contributed by atoms with Crippen LogP contribution in [0.4, 0.5) is 11.5 Å². The molecule has 0 N–H and O–H groups in total. The van der Waals surface area contributed by atoms with Crippen molar-refractivity contribution >= 4 is 34.2 Å². The zero-order chi connectivity index (χ0) is 35.7. The van der Waals surface area contributed by atoms with Crippen LogP contribution in [0.2, 0.25) is 0 Å². The number of carbonyl (C=O) groups is 2. The van der Waals surface area contributed by atoms with E-state index in [0.29, 0.717) is 69.7 Å². The first kappa shape index (κ1) is 34.7. The number of morpholine rings is 1. The number of amides is 1. The van der Waals surface area contributed by atoms with Gasteiger partial charge in [0.2, 0.25) is 5.91 Å². The molecule has 0 spiro atoms. The minimum atomic E-state index is -0.640. The van der Waals surface area contributed by atoms with Gasteiger partial charge in [-0.3, -0.25) is 14.5 Å². The van der Waals surface area contributed by atoms with E-state index in [-0.39, 0.29) is 24.3 Å². The molecule has 0 radical (unpaired) electrons. The van der Waals surface area contributed by atoms with E-state index in [0.717, 1.165) is 66.1 Å². The topological polar surface area (TPSA) is 124 Å². The molecule has 51 heavy (non-hydrogen) atoms. The SMILES string of the molecule is C=CC(=O)N1CCN(c2nc(OCCCN3CC4C[C@H]3CO4)nc3c2CCN(c2cc(OC(=O)C(C)(C)C)cc4ccccc24)C3)CC1CC#N. The minimum absolute atomic E-state index is 0.167. The van der Waals surface area contributed by atoms with Crippen LogP contribution in [0, 0.1) is 16.7 Å². The molecule has 0 aliphatic carbocycles. The molecule has 3 fully saturated rings. The van der Waals surface area contributed by atoms with Gasteiger partial charge in [0.15, 0.2) is 0 Å². The second kappa shape index (κ2) is 14.5. The number of esters is 1. The van der Waals surface area contributed by atoms with Crippen LogP contribution in [-0.2, 0) is 27.3 Å². The van der Waals surface area contributed by atoms with Gasteiger partial charge in [0.05, 0.1) is 55.5 Å². The smallest absolute Gasteiger partial charge is 0.318 e. The van der Waals surface area contributed by atoms with Gasteiger partial charge < -0.3 is 28.9 Å². The van der Waals surface area contributed by atoms with Crippen molar-refractivity contribution in [3.63, 3.8) is 0 Å². The quantitative estimate of drug-likeness (QED) is 0.129. The van der Waals surface area contributed by atoms with Crippen LogP contribution in [0.25, 0.3) is 10.8 Å². The van der Waals surface area contributed by atoms with E-state index >= 15 is 0 Å².